The topological polar surface area (TPSA) is 28.4 Å². The first kappa shape index (κ1) is 15.1. The molecule has 1 heterocycles. The van der Waals surface area contributed by atoms with Crippen LogP contribution >= 0.6 is 0 Å². The number of benzene rings is 1. The Bertz CT molecular complexity index is 545. The Hall–Kier alpha value is -1.32. The lowest BCUT2D eigenvalue weighted by atomic mass is 10.1. The van der Waals surface area contributed by atoms with Crippen molar-refractivity contribution >= 4 is 11.0 Å². The van der Waals surface area contributed by atoms with E-state index in [-0.39, 0.29) is 0 Å². The molecule has 3 nitrogen and oxygen atoms in total. The number of hydrogen-bond donors (Lipinski definition) is 1. The summed E-state index contributed by atoms with van der Waals surface area (Å²) in [5.74, 6) is 1.07. The molecule has 0 bridgehead atoms. The van der Waals surface area contributed by atoms with Crippen LogP contribution in [0.3, 0.4) is 0 Å². The van der Waals surface area contributed by atoms with E-state index in [0.717, 1.165) is 31.0 Å². The molecule has 0 unspecified atom stereocenters. The summed E-state index contributed by atoms with van der Waals surface area (Å²) in [6.45, 7) is 9.61. The van der Waals surface area contributed by atoms with Gasteiger partial charge in [0.15, 0.2) is 0 Å². The maximum Gasteiger partial charge on any atom is 0.134 e. The molecule has 1 aromatic carbocycles. The standard InChI is InChI=1S/C17H26N2O/c1-5-10-19(13(2)3)12-15-14-8-6-7-9-16(14)20-17(15)11-18-4/h6-9,13,18H,5,10-12H2,1-4H3. The molecule has 1 aromatic heterocycles. The van der Waals surface area contributed by atoms with Crippen LogP contribution < -0.4 is 5.32 Å². The van der Waals surface area contributed by atoms with Crippen molar-refractivity contribution in [1.82, 2.24) is 10.2 Å². The summed E-state index contributed by atoms with van der Waals surface area (Å²) in [5.41, 5.74) is 2.32. The predicted octanol–water partition coefficient (Wildman–Crippen LogP) is 3.77. The number of nitrogens with one attached hydrogen (secondary N) is 1. The van der Waals surface area contributed by atoms with Crippen LogP contribution in [0.2, 0.25) is 0 Å². The van der Waals surface area contributed by atoms with Crippen molar-refractivity contribution in [3.05, 3.63) is 35.6 Å². The molecule has 1 N–H and O–H groups in total. The van der Waals surface area contributed by atoms with E-state index >= 15 is 0 Å². The zero-order chi connectivity index (χ0) is 14.5. The summed E-state index contributed by atoms with van der Waals surface area (Å²) in [4.78, 5) is 2.51. The van der Waals surface area contributed by atoms with Crippen LogP contribution in [0.5, 0.6) is 0 Å². The second-order valence-electron chi connectivity index (χ2n) is 5.59. The molecule has 0 spiro atoms. The molecule has 0 radical (unpaired) electrons. The number of para-hydroxylation sites is 1. The van der Waals surface area contributed by atoms with Gasteiger partial charge < -0.3 is 9.73 Å². The summed E-state index contributed by atoms with van der Waals surface area (Å²) in [6.07, 6.45) is 1.18. The van der Waals surface area contributed by atoms with Crippen molar-refractivity contribution in [2.24, 2.45) is 0 Å². The minimum absolute atomic E-state index is 0.547. The van der Waals surface area contributed by atoms with Gasteiger partial charge in [-0.05, 0) is 39.9 Å². The van der Waals surface area contributed by atoms with E-state index in [1.165, 1.54) is 17.4 Å². The maximum absolute atomic E-state index is 6.01. The lowest BCUT2D eigenvalue weighted by Crippen LogP contribution is -2.31. The Morgan fingerprint density at radius 2 is 2.00 bits per heavy atom. The second-order valence-corrected chi connectivity index (χ2v) is 5.59. The van der Waals surface area contributed by atoms with Crippen molar-refractivity contribution < 1.29 is 4.42 Å². The molecule has 20 heavy (non-hydrogen) atoms. The van der Waals surface area contributed by atoms with Gasteiger partial charge in [-0.15, -0.1) is 0 Å². The normalized spacial score (nSPS) is 11.9. The minimum atomic E-state index is 0.547. The monoisotopic (exact) mass is 274 g/mol. The summed E-state index contributed by atoms with van der Waals surface area (Å²) < 4.78 is 6.01. The highest BCUT2D eigenvalue weighted by Crippen LogP contribution is 2.27. The lowest BCUT2D eigenvalue weighted by molar-refractivity contribution is 0.212. The van der Waals surface area contributed by atoms with Gasteiger partial charge in [0.05, 0.1) is 6.54 Å². The number of nitrogens with zero attached hydrogens (tertiary/aromatic N) is 1. The van der Waals surface area contributed by atoms with E-state index < -0.39 is 0 Å². The smallest absolute Gasteiger partial charge is 0.134 e. The molecule has 0 aliphatic carbocycles. The average Bonchev–Trinajstić information content (AvgIpc) is 2.77. The van der Waals surface area contributed by atoms with E-state index in [1.807, 2.05) is 13.1 Å². The molecule has 0 atom stereocenters. The van der Waals surface area contributed by atoms with Crippen LogP contribution in [0.15, 0.2) is 28.7 Å². The Morgan fingerprint density at radius 1 is 1.25 bits per heavy atom. The molecule has 0 saturated carbocycles. The molecule has 0 fully saturated rings. The second kappa shape index (κ2) is 6.91. The number of furan rings is 1. The zero-order valence-corrected chi connectivity index (χ0v) is 13.1. The molecule has 2 rings (SSSR count). The summed E-state index contributed by atoms with van der Waals surface area (Å²) in [7, 11) is 1.96. The van der Waals surface area contributed by atoms with Gasteiger partial charge in [0.25, 0.3) is 0 Å². The van der Waals surface area contributed by atoms with Crippen molar-refractivity contribution in [2.45, 2.75) is 46.3 Å². The van der Waals surface area contributed by atoms with E-state index in [1.54, 1.807) is 0 Å². The Labute approximate surface area is 122 Å². The highest BCUT2D eigenvalue weighted by atomic mass is 16.3. The third kappa shape index (κ3) is 3.22. The molecule has 3 heteroatoms. The SMILES string of the molecule is CCCN(Cc1c(CNC)oc2ccccc12)C(C)C. The third-order valence-corrected chi connectivity index (χ3v) is 3.72. The van der Waals surface area contributed by atoms with Gasteiger partial charge in [0, 0.05) is 23.5 Å². The molecule has 0 aliphatic heterocycles. The van der Waals surface area contributed by atoms with Crippen molar-refractivity contribution in [3.63, 3.8) is 0 Å². The molecule has 0 aliphatic rings. The van der Waals surface area contributed by atoms with Gasteiger partial charge in [-0.1, -0.05) is 25.1 Å². The van der Waals surface area contributed by atoms with E-state index in [9.17, 15) is 0 Å². The molecule has 2 aromatic rings. The molecule has 0 amide bonds. The van der Waals surface area contributed by atoms with Crippen LogP contribution in [-0.2, 0) is 13.1 Å². The van der Waals surface area contributed by atoms with Crippen LogP contribution in [0.1, 0.15) is 38.5 Å². The minimum Gasteiger partial charge on any atom is -0.459 e. The summed E-state index contributed by atoms with van der Waals surface area (Å²) in [5, 5.41) is 4.46. The fourth-order valence-corrected chi connectivity index (χ4v) is 2.64. The van der Waals surface area contributed by atoms with E-state index in [2.05, 4.69) is 49.2 Å². The van der Waals surface area contributed by atoms with E-state index in [0.29, 0.717) is 6.04 Å². The molecule has 110 valence electrons. The highest BCUT2D eigenvalue weighted by Gasteiger charge is 2.17. The number of fused-ring (bicyclic) bond motifs is 1. The predicted molar refractivity (Wildman–Crippen MR) is 84.8 cm³/mol. The van der Waals surface area contributed by atoms with Crippen LogP contribution in [0.4, 0.5) is 0 Å². The van der Waals surface area contributed by atoms with Crippen molar-refractivity contribution in [3.8, 4) is 0 Å². The van der Waals surface area contributed by atoms with Gasteiger partial charge in [0.1, 0.15) is 11.3 Å². The van der Waals surface area contributed by atoms with E-state index in [4.69, 9.17) is 4.42 Å². The van der Waals surface area contributed by atoms with Gasteiger partial charge in [0.2, 0.25) is 0 Å². The molecular weight excluding hydrogens is 248 g/mol. The van der Waals surface area contributed by atoms with Gasteiger partial charge in [-0.25, -0.2) is 0 Å². The van der Waals surface area contributed by atoms with Crippen LogP contribution in [-0.4, -0.2) is 24.5 Å². The summed E-state index contributed by atoms with van der Waals surface area (Å²) in [6, 6.07) is 8.88. The Kier molecular flexibility index (Phi) is 5.21. The van der Waals surface area contributed by atoms with Gasteiger partial charge >= 0.3 is 0 Å². The maximum atomic E-state index is 6.01. The fourth-order valence-electron chi connectivity index (χ4n) is 2.64. The third-order valence-electron chi connectivity index (χ3n) is 3.72. The first-order chi connectivity index (χ1) is 9.67. The fraction of sp³-hybridized carbons (Fsp3) is 0.529. The highest BCUT2D eigenvalue weighted by molar-refractivity contribution is 5.82. The first-order valence-corrected chi connectivity index (χ1v) is 7.55. The van der Waals surface area contributed by atoms with Crippen LogP contribution in [0.25, 0.3) is 11.0 Å². The van der Waals surface area contributed by atoms with Gasteiger partial charge in [-0.2, -0.15) is 0 Å². The average molecular weight is 274 g/mol. The first-order valence-electron chi connectivity index (χ1n) is 7.55. The van der Waals surface area contributed by atoms with Crippen molar-refractivity contribution in [1.29, 1.82) is 0 Å². The largest absolute Gasteiger partial charge is 0.459 e. The number of rotatable bonds is 7. The molecule has 0 saturated heterocycles. The lowest BCUT2D eigenvalue weighted by Gasteiger charge is -2.26. The Morgan fingerprint density at radius 3 is 2.65 bits per heavy atom. The van der Waals surface area contributed by atoms with Gasteiger partial charge in [-0.3, -0.25) is 4.90 Å². The van der Waals surface area contributed by atoms with Crippen molar-refractivity contribution in [2.75, 3.05) is 13.6 Å². The van der Waals surface area contributed by atoms with Crippen LogP contribution in [0, 0.1) is 0 Å². The Balaban J connectivity index is 2.37. The zero-order valence-electron chi connectivity index (χ0n) is 13.1. The number of hydrogen-bond acceptors (Lipinski definition) is 3. The quantitative estimate of drug-likeness (QED) is 0.833. The molecular formula is C17H26N2O. The summed E-state index contributed by atoms with van der Waals surface area (Å²) >= 11 is 0.